The van der Waals surface area contributed by atoms with E-state index in [4.69, 9.17) is 5.11 Å². The van der Waals surface area contributed by atoms with Gasteiger partial charge in [-0.2, -0.15) is 0 Å². The largest absolute Gasteiger partial charge is 0.481 e. The third-order valence-corrected chi connectivity index (χ3v) is 3.00. The Morgan fingerprint density at radius 3 is 2.48 bits per heavy atom. The van der Waals surface area contributed by atoms with Crippen molar-refractivity contribution in [3.63, 3.8) is 0 Å². The second kappa shape index (κ2) is 8.97. The molecule has 0 aromatic heterocycles. The summed E-state index contributed by atoms with van der Waals surface area (Å²) in [6.07, 6.45) is 0.373. The van der Waals surface area contributed by atoms with Gasteiger partial charge in [-0.05, 0) is 26.1 Å². The van der Waals surface area contributed by atoms with Crippen molar-refractivity contribution in [2.45, 2.75) is 18.9 Å². The number of urea groups is 1. The van der Waals surface area contributed by atoms with Gasteiger partial charge in [0.2, 0.25) is 0 Å². The standard InChI is InChI=1S/C15H23N3O3/c1-18(2)11-10-16-15(21)17-13(8-9-14(19)20)12-6-4-3-5-7-12/h3-7,13H,8-11H2,1-2H3,(H,19,20)(H2,16,17,21). The molecule has 1 atom stereocenters. The van der Waals surface area contributed by atoms with E-state index in [2.05, 4.69) is 10.6 Å². The zero-order valence-corrected chi connectivity index (χ0v) is 12.5. The van der Waals surface area contributed by atoms with Crippen molar-refractivity contribution >= 4 is 12.0 Å². The first-order valence-electron chi connectivity index (χ1n) is 6.95. The van der Waals surface area contributed by atoms with Crippen LogP contribution in [0.5, 0.6) is 0 Å². The summed E-state index contributed by atoms with van der Waals surface area (Å²) in [6.45, 7) is 1.29. The van der Waals surface area contributed by atoms with Crippen molar-refractivity contribution in [1.82, 2.24) is 15.5 Å². The predicted octanol–water partition coefficient (Wildman–Crippen LogP) is 1.45. The first-order valence-corrected chi connectivity index (χ1v) is 6.95. The van der Waals surface area contributed by atoms with Crippen LogP contribution in [0.1, 0.15) is 24.4 Å². The van der Waals surface area contributed by atoms with Gasteiger partial charge in [-0.25, -0.2) is 4.79 Å². The quantitative estimate of drug-likeness (QED) is 0.677. The molecule has 0 heterocycles. The maximum Gasteiger partial charge on any atom is 0.315 e. The maximum atomic E-state index is 11.9. The van der Waals surface area contributed by atoms with Crippen molar-refractivity contribution in [3.8, 4) is 0 Å². The summed E-state index contributed by atoms with van der Waals surface area (Å²) in [7, 11) is 3.86. The Bertz CT molecular complexity index is 449. The number of carbonyl (C=O) groups is 2. The molecule has 0 saturated carbocycles. The number of carbonyl (C=O) groups excluding carboxylic acids is 1. The van der Waals surface area contributed by atoms with E-state index in [1.165, 1.54) is 0 Å². The third kappa shape index (κ3) is 7.31. The van der Waals surface area contributed by atoms with Crippen LogP contribution in [-0.4, -0.2) is 49.2 Å². The zero-order chi connectivity index (χ0) is 15.7. The average Bonchev–Trinajstić information content (AvgIpc) is 2.43. The van der Waals surface area contributed by atoms with Gasteiger partial charge in [0.05, 0.1) is 6.04 Å². The van der Waals surface area contributed by atoms with E-state index in [1.54, 1.807) is 0 Å². The molecule has 0 saturated heterocycles. The van der Waals surface area contributed by atoms with Crippen molar-refractivity contribution in [2.75, 3.05) is 27.2 Å². The van der Waals surface area contributed by atoms with Gasteiger partial charge in [0.25, 0.3) is 0 Å². The van der Waals surface area contributed by atoms with Crippen molar-refractivity contribution in [3.05, 3.63) is 35.9 Å². The molecular weight excluding hydrogens is 270 g/mol. The number of benzene rings is 1. The van der Waals surface area contributed by atoms with E-state index >= 15 is 0 Å². The minimum Gasteiger partial charge on any atom is -0.481 e. The van der Waals surface area contributed by atoms with Gasteiger partial charge in [-0.1, -0.05) is 30.3 Å². The topological polar surface area (TPSA) is 81.7 Å². The Hall–Kier alpha value is -2.08. The number of carboxylic acid groups (broad SMARTS) is 1. The lowest BCUT2D eigenvalue weighted by atomic mass is 10.0. The van der Waals surface area contributed by atoms with Crippen LogP contribution < -0.4 is 10.6 Å². The minimum absolute atomic E-state index is 0.0114. The highest BCUT2D eigenvalue weighted by Crippen LogP contribution is 2.18. The number of aliphatic carboxylic acids is 1. The van der Waals surface area contributed by atoms with Gasteiger partial charge >= 0.3 is 12.0 Å². The van der Waals surface area contributed by atoms with E-state index < -0.39 is 5.97 Å². The van der Waals surface area contributed by atoms with Gasteiger partial charge in [0, 0.05) is 19.5 Å². The summed E-state index contributed by atoms with van der Waals surface area (Å²) < 4.78 is 0. The fourth-order valence-electron chi connectivity index (χ4n) is 1.88. The van der Waals surface area contributed by atoms with Gasteiger partial charge in [0.15, 0.2) is 0 Å². The van der Waals surface area contributed by atoms with E-state index in [-0.39, 0.29) is 18.5 Å². The van der Waals surface area contributed by atoms with E-state index in [0.29, 0.717) is 13.0 Å². The minimum atomic E-state index is -0.870. The monoisotopic (exact) mass is 293 g/mol. The lowest BCUT2D eigenvalue weighted by molar-refractivity contribution is -0.137. The molecule has 2 amide bonds. The summed E-state index contributed by atoms with van der Waals surface area (Å²) in [4.78, 5) is 24.6. The predicted molar refractivity (Wildman–Crippen MR) is 81.1 cm³/mol. The molecule has 0 aliphatic heterocycles. The zero-order valence-electron chi connectivity index (χ0n) is 12.5. The van der Waals surface area contributed by atoms with Crippen LogP contribution in [-0.2, 0) is 4.79 Å². The van der Waals surface area contributed by atoms with Crippen LogP contribution in [0, 0.1) is 0 Å². The van der Waals surface area contributed by atoms with Crippen LogP contribution in [0.3, 0.4) is 0 Å². The smallest absolute Gasteiger partial charge is 0.315 e. The molecule has 0 aliphatic carbocycles. The number of amides is 2. The number of nitrogens with one attached hydrogen (secondary N) is 2. The first kappa shape index (κ1) is 17.0. The molecule has 0 spiro atoms. The fraction of sp³-hybridized carbons (Fsp3) is 0.467. The number of likely N-dealkylation sites (N-methyl/N-ethyl adjacent to an activating group) is 1. The molecule has 1 aromatic carbocycles. The Balaban J connectivity index is 2.56. The molecule has 0 radical (unpaired) electrons. The van der Waals surface area contributed by atoms with E-state index in [9.17, 15) is 9.59 Å². The molecule has 6 heteroatoms. The summed E-state index contributed by atoms with van der Waals surface area (Å²) in [5.74, 6) is -0.870. The molecule has 0 aliphatic rings. The van der Waals surface area contributed by atoms with Gasteiger partial charge in [0.1, 0.15) is 0 Å². The Morgan fingerprint density at radius 1 is 1.24 bits per heavy atom. The number of carboxylic acids is 1. The van der Waals surface area contributed by atoms with Crippen molar-refractivity contribution < 1.29 is 14.7 Å². The molecule has 6 nitrogen and oxygen atoms in total. The highest BCUT2D eigenvalue weighted by atomic mass is 16.4. The third-order valence-electron chi connectivity index (χ3n) is 3.00. The molecule has 1 rings (SSSR count). The van der Waals surface area contributed by atoms with E-state index in [1.807, 2.05) is 49.3 Å². The Morgan fingerprint density at radius 2 is 1.90 bits per heavy atom. The molecular formula is C15H23N3O3. The second-order valence-corrected chi connectivity index (χ2v) is 5.10. The van der Waals surface area contributed by atoms with Crippen LogP contribution in [0.15, 0.2) is 30.3 Å². The molecule has 21 heavy (non-hydrogen) atoms. The Labute approximate surface area is 125 Å². The maximum absolute atomic E-state index is 11.9. The molecule has 116 valence electrons. The Kier molecular flexibility index (Phi) is 7.25. The van der Waals surface area contributed by atoms with Gasteiger partial charge in [-0.15, -0.1) is 0 Å². The molecule has 3 N–H and O–H groups in total. The SMILES string of the molecule is CN(C)CCNC(=O)NC(CCC(=O)O)c1ccccc1. The van der Waals surface area contributed by atoms with Crippen LogP contribution in [0.4, 0.5) is 4.79 Å². The molecule has 0 bridgehead atoms. The van der Waals surface area contributed by atoms with Crippen LogP contribution in [0.25, 0.3) is 0 Å². The second-order valence-electron chi connectivity index (χ2n) is 5.10. The summed E-state index contributed by atoms with van der Waals surface area (Å²) in [5.41, 5.74) is 0.904. The number of hydrogen-bond acceptors (Lipinski definition) is 3. The van der Waals surface area contributed by atoms with E-state index in [0.717, 1.165) is 12.1 Å². The average molecular weight is 293 g/mol. The summed E-state index contributed by atoms with van der Waals surface area (Å²) in [5, 5.41) is 14.4. The summed E-state index contributed by atoms with van der Waals surface area (Å²) >= 11 is 0. The molecule has 1 aromatic rings. The molecule has 1 unspecified atom stereocenters. The number of nitrogens with zero attached hydrogens (tertiary/aromatic N) is 1. The van der Waals surface area contributed by atoms with Crippen molar-refractivity contribution in [1.29, 1.82) is 0 Å². The molecule has 0 fully saturated rings. The van der Waals surface area contributed by atoms with Gasteiger partial charge < -0.3 is 20.6 Å². The highest BCUT2D eigenvalue weighted by Gasteiger charge is 2.15. The first-order chi connectivity index (χ1) is 9.99. The lowest BCUT2D eigenvalue weighted by Crippen LogP contribution is -2.40. The lowest BCUT2D eigenvalue weighted by Gasteiger charge is -2.19. The highest BCUT2D eigenvalue weighted by molar-refractivity contribution is 5.74. The van der Waals surface area contributed by atoms with Crippen LogP contribution >= 0.6 is 0 Å². The van der Waals surface area contributed by atoms with Crippen molar-refractivity contribution in [2.24, 2.45) is 0 Å². The summed E-state index contributed by atoms with van der Waals surface area (Å²) in [6, 6.07) is 8.80. The normalized spacial score (nSPS) is 12.0. The number of hydrogen-bond donors (Lipinski definition) is 3. The number of rotatable bonds is 8. The van der Waals surface area contributed by atoms with Gasteiger partial charge in [-0.3, -0.25) is 4.79 Å². The van der Waals surface area contributed by atoms with Crippen LogP contribution in [0.2, 0.25) is 0 Å². The fourth-order valence-corrected chi connectivity index (χ4v) is 1.88.